The van der Waals surface area contributed by atoms with Crippen LogP contribution in [-0.4, -0.2) is 13.0 Å². The molecule has 0 aliphatic rings. The van der Waals surface area contributed by atoms with E-state index in [1.165, 1.54) is 11.1 Å². The van der Waals surface area contributed by atoms with Gasteiger partial charge in [0.2, 0.25) is 0 Å². The van der Waals surface area contributed by atoms with E-state index >= 15 is 0 Å². The van der Waals surface area contributed by atoms with Gasteiger partial charge in [-0.3, -0.25) is 0 Å². The minimum absolute atomic E-state index is 0.243. The average Bonchev–Trinajstić information content (AvgIpc) is 2.01. The molecule has 0 saturated carbocycles. The molecule has 0 unspecified atom stereocenters. The van der Waals surface area contributed by atoms with Crippen molar-refractivity contribution in [1.29, 1.82) is 0 Å². The van der Waals surface area contributed by atoms with Gasteiger partial charge in [-0.05, 0) is 19.4 Å². The molecule has 0 saturated heterocycles. The average molecular weight is 199 g/mol. The summed E-state index contributed by atoms with van der Waals surface area (Å²) in [5.74, 6) is 0. The van der Waals surface area contributed by atoms with E-state index < -0.39 is 6.43 Å². The fourth-order valence-electron chi connectivity index (χ4n) is 1.50. The number of aryl methyl sites for hydroxylation is 2. The van der Waals surface area contributed by atoms with Crippen LogP contribution in [0.2, 0.25) is 0 Å². The zero-order chi connectivity index (χ0) is 10.6. The van der Waals surface area contributed by atoms with E-state index in [0.717, 1.165) is 5.56 Å². The summed E-state index contributed by atoms with van der Waals surface area (Å²) >= 11 is 0. The van der Waals surface area contributed by atoms with E-state index in [1.807, 2.05) is 26.0 Å². The zero-order valence-electron chi connectivity index (χ0n) is 8.48. The highest BCUT2D eigenvalue weighted by molar-refractivity contribution is 5.28. The van der Waals surface area contributed by atoms with Gasteiger partial charge in [-0.15, -0.1) is 0 Å². The Bertz CT molecular complexity index is 277. The fourth-order valence-corrected chi connectivity index (χ4v) is 1.50. The summed E-state index contributed by atoms with van der Waals surface area (Å²) < 4.78 is 23.7. The molecular weight excluding hydrogens is 184 g/mol. The molecule has 1 nitrogen and oxygen atoms in total. The topological polar surface area (TPSA) is 12.0 Å². The molecule has 1 aromatic rings. The van der Waals surface area contributed by atoms with E-state index in [2.05, 4.69) is 11.4 Å². The first kappa shape index (κ1) is 11.1. The number of benzene rings is 1. The standard InChI is InChI=1S/C11H15F2N/c1-8-3-9(2)5-10(4-8)6-14-7-11(12)13/h3-5,11,14H,6-7H2,1-2H3. The van der Waals surface area contributed by atoms with Gasteiger partial charge < -0.3 is 5.32 Å². The van der Waals surface area contributed by atoms with Crippen LogP contribution in [0.15, 0.2) is 18.2 Å². The molecule has 0 radical (unpaired) electrons. The van der Waals surface area contributed by atoms with Crippen molar-refractivity contribution in [2.75, 3.05) is 6.54 Å². The largest absolute Gasteiger partial charge is 0.307 e. The number of alkyl halides is 2. The molecule has 0 aliphatic heterocycles. The molecule has 0 fully saturated rings. The first-order chi connectivity index (χ1) is 6.58. The second-order valence-electron chi connectivity index (χ2n) is 3.52. The van der Waals surface area contributed by atoms with Crippen molar-refractivity contribution < 1.29 is 8.78 Å². The Morgan fingerprint density at radius 3 is 2.21 bits per heavy atom. The van der Waals surface area contributed by atoms with Crippen molar-refractivity contribution >= 4 is 0 Å². The Balaban J connectivity index is 2.50. The van der Waals surface area contributed by atoms with Crippen LogP contribution in [-0.2, 0) is 6.54 Å². The van der Waals surface area contributed by atoms with Gasteiger partial charge in [0.1, 0.15) is 0 Å². The van der Waals surface area contributed by atoms with Crippen molar-refractivity contribution in [1.82, 2.24) is 5.32 Å². The third kappa shape index (κ3) is 3.83. The summed E-state index contributed by atoms with van der Waals surface area (Å²) in [6.07, 6.45) is -2.28. The monoisotopic (exact) mass is 199 g/mol. The normalized spacial score (nSPS) is 10.9. The molecule has 0 bridgehead atoms. The molecule has 1 rings (SSSR count). The van der Waals surface area contributed by atoms with E-state index in [0.29, 0.717) is 6.54 Å². The van der Waals surface area contributed by atoms with Gasteiger partial charge in [-0.1, -0.05) is 29.3 Å². The van der Waals surface area contributed by atoms with Gasteiger partial charge in [0.25, 0.3) is 6.43 Å². The fraction of sp³-hybridized carbons (Fsp3) is 0.455. The number of hydrogen-bond donors (Lipinski definition) is 1. The molecule has 0 spiro atoms. The second kappa shape index (κ2) is 5.05. The lowest BCUT2D eigenvalue weighted by Crippen LogP contribution is -2.20. The minimum Gasteiger partial charge on any atom is -0.307 e. The highest BCUT2D eigenvalue weighted by Crippen LogP contribution is 2.08. The van der Waals surface area contributed by atoms with Gasteiger partial charge in [0.05, 0.1) is 6.54 Å². The molecule has 0 aromatic heterocycles. The van der Waals surface area contributed by atoms with E-state index in [9.17, 15) is 8.78 Å². The Labute approximate surface area is 83.1 Å². The van der Waals surface area contributed by atoms with Crippen LogP contribution in [0, 0.1) is 13.8 Å². The van der Waals surface area contributed by atoms with Crippen LogP contribution in [0.1, 0.15) is 16.7 Å². The summed E-state index contributed by atoms with van der Waals surface area (Å²) in [5, 5.41) is 2.71. The van der Waals surface area contributed by atoms with Gasteiger partial charge in [-0.25, -0.2) is 8.78 Å². The molecule has 1 N–H and O–H groups in total. The van der Waals surface area contributed by atoms with Crippen LogP contribution < -0.4 is 5.32 Å². The number of nitrogens with one attached hydrogen (secondary N) is 1. The molecule has 78 valence electrons. The predicted octanol–water partition coefficient (Wildman–Crippen LogP) is 2.66. The van der Waals surface area contributed by atoms with Crippen LogP contribution in [0.5, 0.6) is 0 Å². The Morgan fingerprint density at radius 1 is 1.14 bits per heavy atom. The highest BCUT2D eigenvalue weighted by atomic mass is 19.3. The van der Waals surface area contributed by atoms with Crippen molar-refractivity contribution in [3.63, 3.8) is 0 Å². The lowest BCUT2D eigenvalue weighted by atomic mass is 10.1. The van der Waals surface area contributed by atoms with E-state index in [4.69, 9.17) is 0 Å². The maximum Gasteiger partial charge on any atom is 0.250 e. The van der Waals surface area contributed by atoms with Crippen molar-refractivity contribution in [2.24, 2.45) is 0 Å². The molecule has 14 heavy (non-hydrogen) atoms. The maximum atomic E-state index is 11.8. The van der Waals surface area contributed by atoms with Crippen molar-refractivity contribution in [3.8, 4) is 0 Å². The summed E-state index contributed by atoms with van der Waals surface area (Å²) in [4.78, 5) is 0. The predicted molar refractivity (Wildman–Crippen MR) is 53.6 cm³/mol. The Kier molecular flexibility index (Phi) is 4.01. The van der Waals surface area contributed by atoms with Gasteiger partial charge in [-0.2, -0.15) is 0 Å². The molecular formula is C11H15F2N. The summed E-state index contributed by atoms with van der Waals surface area (Å²) in [6.45, 7) is 4.27. The third-order valence-corrected chi connectivity index (χ3v) is 1.91. The van der Waals surface area contributed by atoms with Gasteiger partial charge in [0.15, 0.2) is 0 Å². The Morgan fingerprint density at radius 2 is 1.71 bits per heavy atom. The second-order valence-corrected chi connectivity index (χ2v) is 3.52. The van der Waals surface area contributed by atoms with Crippen molar-refractivity contribution in [2.45, 2.75) is 26.8 Å². The van der Waals surface area contributed by atoms with Gasteiger partial charge in [0, 0.05) is 6.54 Å². The molecule has 3 heteroatoms. The summed E-state index contributed by atoms with van der Waals surface area (Å²) in [7, 11) is 0. The first-order valence-corrected chi connectivity index (χ1v) is 4.64. The first-order valence-electron chi connectivity index (χ1n) is 4.64. The minimum atomic E-state index is -2.28. The molecule has 0 amide bonds. The Hall–Kier alpha value is -0.960. The lowest BCUT2D eigenvalue weighted by molar-refractivity contribution is 0.145. The van der Waals surface area contributed by atoms with E-state index in [1.54, 1.807) is 0 Å². The molecule has 0 atom stereocenters. The van der Waals surface area contributed by atoms with Gasteiger partial charge >= 0.3 is 0 Å². The number of halogens is 2. The van der Waals surface area contributed by atoms with Crippen LogP contribution in [0.4, 0.5) is 8.78 Å². The number of hydrogen-bond acceptors (Lipinski definition) is 1. The summed E-state index contributed by atoms with van der Waals surface area (Å²) in [5.41, 5.74) is 3.39. The zero-order valence-corrected chi connectivity index (χ0v) is 8.48. The van der Waals surface area contributed by atoms with Crippen molar-refractivity contribution in [3.05, 3.63) is 34.9 Å². The molecule has 0 heterocycles. The molecule has 1 aromatic carbocycles. The van der Waals surface area contributed by atoms with Crippen LogP contribution in [0.3, 0.4) is 0 Å². The summed E-state index contributed by atoms with van der Waals surface area (Å²) in [6, 6.07) is 6.08. The molecule has 0 aliphatic carbocycles. The quantitative estimate of drug-likeness (QED) is 0.786. The van der Waals surface area contributed by atoms with E-state index in [-0.39, 0.29) is 6.54 Å². The van der Waals surface area contributed by atoms with Crippen LogP contribution in [0.25, 0.3) is 0 Å². The third-order valence-electron chi connectivity index (χ3n) is 1.91. The highest BCUT2D eigenvalue weighted by Gasteiger charge is 2.01. The maximum absolute atomic E-state index is 11.8. The van der Waals surface area contributed by atoms with Crippen LogP contribution >= 0.6 is 0 Å². The lowest BCUT2D eigenvalue weighted by Gasteiger charge is -2.06. The SMILES string of the molecule is Cc1cc(C)cc(CNCC(F)F)c1. The number of rotatable bonds is 4. The smallest absolute Gasteiger partial charge is 0.250 e.